The van der Waals surface area contributed by atoms with Gasteiger partial charge in [0.25, 0.3) is 0 Å². The molecule has 0 spiro atoms. The molecule has 1 aromatic carbocycles. The molecule has 0 radical (unpaired) electrons. The van der Waals surface area contributed by atoms with Gasteiger partial charge < -0.3 is 14.2 Å². The summed E-state index contributed by atoms with van der Waals surface area (Å²) in [7, 11) is 0. The zero-order valence-electron chi connectivity index (χ0n) is 17.5. The lowest BCUT2D eigenvalue weighted by Gasteiger charge is -2.45. The lowest BCUT2D eigenvalue weighted by atomic mass is 9.80. The van der Waals surface area contributed by atoms with Gasteiger partial charge in [-0.3, -0.25) is 4.90 Å². The summed E-state index contributed by atoms with van der Waals surface area (Å²) in [5.74, 6) is 3.36. The summed E-state index contributed by atoms with van der Waals surface area (Å²) in [6.07, 6.45) is 8.50. The first-order valence-corrected chi connectivity index (χ1v) is 11.0. The van der Waals surface area contributed by atoms with Gasteiger partial charge in [0.05, 0.1) is 19.8 Å². The van der Waals surface area contributed by atoms with E-state index in [1.54, 1.807) is 0 Å². The molecule has 152 valence electrons. The molecule has 2 saturated heterocycles. The van der Waals surface area contributed by atoms with Crippen LogP contribution < -0.4 is 14.2 Å². The fourth-order valence-corrected chi connectivity index (χ4v) is 4.31. The minimum absolute atomic E-state index is 0.681. The van der Waals surface area contributed by atoms with Crippen LogP contribution in [-0.2, 0) is 6.54 Å². The number of ether oxygens (including phenoxy) is 3. The molecule has 3 fully saturated rings. The van der Waals surface area contributed by atoms with Crippen LogP contribution in [0.1, 0.15) is 71.3 Å². The smallest absolute Gasteiger partial charge is 0.203 e. The minimum atomic E-state index is 0.681. The third-order valence-corrected chi connectivity index (χ3v) is 5.67. The van der Waals surface area contributed by atoms with E-state index < -0.39 is 0 Å². The number of benzene rings is 1. The SMILES string of the molecule is CCCOc1cc(CN2CC3CCC2CC3)cc(OCCC)c1OCCC. The average molecular weight is 376 g/mol. The Kier molecular flexibility index (Phi) is 7.69. The van der Waals surface area contributed by atoms with Gasteiger partial charge in [-0.05, 0) is 68.6 Å². The largest absolute Gasteiger partial charge is 0.490 e. The van der Waals surface area contributed by atoms with Gasteiger partial charge in [-0.2, -0.15) is 0 Å². The second kappa shape index (κ2) is 10.2. The Balaban J connectivity index is 1.83. The molecule has 1 saturated carbocycles. The molecule has 4 rings (SSSR count). The Labute approximate surface area is 165 Å². The van der Waals surface area contributed by atoms with Crippen LogP contribution in [0.15, 0.2) is 12.1 Å². The lowest BCUT2D eigenvalue weighted by molar-refractivity contribution is 0.0424. The van der Waals surface area contributed by atoms with Gasteiger partial charge in [0, 0.05) is 19.1 Å². The van der Waals surface area contributed by atoms with Crippen molar-refractivity contribution in [2.75, 3.05) is 26.4 Å². The maximum absolute atomic E-state index is 6.07. The number of hydrogen-bond donors (Lipinski definition) is 0. The summed E-state index contributed by atoms with van der Waals surface area (Å²) in [4.78, 5) is 2.67. The van der Waals surface area contributed by atoms with Crippen LogP contribution in [0, 0.1) is 5.92 Å². The molecule has 4 nitrogen and oxygen atoms in total. The van der Waals surface area contributed by atoms with Crippen LogP contribution in [-0.4, -0.2) is 37.3 Å². The van der Waals surface area contributed by atoms with E-state index in [1.165, 1.54) is 37.8 Å². The highest BCUT2D eigenvalue weighted by atomic mass is 16.5. The quantitative estimate of drug-likeness (QED) is 0.516. The van der Waals surface area contributed by atoms with E-state index in [1.807, 2.05) is 0 Å². The number of piperidine rings is 2. The normalized spacial score (nSPS) is 22.0. The van der Waals surface area contributed by atoms with Crippen LogP contribution in [0.2, 0.25) is 0 Å². The van der Waals surface area contributed by atoms with Crippen molar-refractivity contribution in [3.63, 3.8) is 0 Å². The van der Waals surface area contributed by atoms with Crippen LogP contribution in [0.25, 0.3) is 0 Å². The first-order chi connectivity index (χ1) is 13.2. The van der Waals surface area contributed by atoms with Gasteiger partial charge >= 0.3 is 0 Å². The van der Waals surface area contributed by atoms with E-state index in [-0.39, 0.29) is 0 Å². The number of hydrogen-bond acceptors (Lipinski definition) is 4. The van der Waals surface area contributed by atoms with Crippen molar-refractivity contribution in [2.45, 2.75) is 78.3 Å². The molecule has 1 aromatic rings. The fraction of sp³-hybridized carbons (Fsp3) is 0.739. The van der Waals surface area contributed by atoms with E-state index in [0.717, 1.165) is 55.0 Å². The van der Waals surface area contributed by atoms with E-state index in [9.17, 15) is 0 Å². The zero-order valence-corrected chi connectivity index (χ0v) is 17.5. The van der Waals surface area contributed by atoms with Gasteiger partial charge in [0.2, 0.25) is 5.75 Å². The van der Waals surface area contributed by atoms with E-state index in [0.29, 0.717) is 19.8 Å². The molecule has 2 bridgehead atoms. The van der Waals surface area contributed by atoms with Gasteiger partial charge in [0.1, 0.15) is 0 Å². The molecule has 0 N–H and O–H groups in total. The first kappa shape index (κ1) is 20.3. The summed E-state index contributed by atoms with van der Waals surface area (Å²) in [5, 5.41) is 0. The molecule has 1 aliphatic carbocycles. The van der Waals surface area contributed by atoms with E-state index in [2.05, 4.69) is 37.8 Å². The van der Waals surface area contributed by atoms with Crippen molar-refractivity contribution in [1.29, 1.82) is 0 Å². The van der Waals surface area contributed by atoms with Crippen molar-refractivity contribution in [3.8, 4) is 17.2 Å². The predicted molar refractivity (Wildman–Crippen MR) is 110 cm³/mol. The molecule has 2 aliphatic heterocycles. The first-order valence-electron chi connectivity index (χ1n) is 11.0. The molecule has 0 unspecified atom stereocenters. The van der Waals surface area contributed by atoms with Gasteiger partial charge in [-0.25, -0.2) is 0 Å². The maximum Gasteiger partial charge on any atom is 0.203 e. The highest BCUT2D eigenvalue weighted by Gasteiger charge is 2.33. The average Bonchev–Trinajstić information content (AvgIpc) is 2.70. The maximum atomic E-state index is 6.07. The van der Waals surface area contributed by atoms with Crippen LogP contribution in [0.5, 0.6) is 17.2 Å². The molecule has 0 amide bonds. The van der Waals surface area contributed by atoms with Gasteiger partial charge in [-0.1, -0.05) is 20.8 Å². The highest BCUT2D eigenvalue weighted by molar-refractivity contribution is 5.54. The van der Waals surface area contributed by atoms with E-state index >= 15 is 0 Å². The zero-order chi connectivity index (χ0) is 19.1. The van der Waals surface area contributed by atoms with E-state index in [4.69, 9.17) is 14.2 Å². The summed E-state index contributed by atoms with van der Waals surface area (Å²) < 4.78 is 18.2. The molecule has 27 heavy (non-hydrogen) atoms. The molecule has 0 atom stereocenters. The van der Waals surface area contributed by atoms with Gasteiger partial charge in [0.15, 0.2) is 11.5 Å². The van der Waals surface area contributed by atoms with Crippen molar-refractivity contribution < 1.29 is 14.2 Å². The monoisotopic (exact) mass is 375 g/mol. The molecule has 3 aliphatic rings. The number of rotatable bonds is 11. The minimum Gasteiger partial charge on any atom is -0.490 e. The highest BCUT2D eigenvalue weighted by Crippen LogP contribution is 2.41. The van der Waals surface area contributed by atoms with Crippen molar-refractivity contribution >= 4 is 0 Å². The topological polar surface area (TPSA) is 30.9 Å². The fourth-order valence-electron chi connectivity index (χ4n) is 4.31. The van der Waals surface area contributed by atoms with Crippen molar-refractivity contribution in [2.24, 2.45) is 5.92 Å². The standard InChI is InChI=1S/C23H37NO3/c1-4-11-25-21-14-19(17-24-16-18-7-9-20(24)10-8-18)15-22(26-12-5-2)23(21)27-13-6-3/h14-15,18,20H,4-13,16-17H2,1-3H3. The molecular formula is C23H37NO3. The lowest BCUT2D eigenvalue weighted by Crippen LogP contribution is -2.47. The number of fused-ring (bicyclic) bond motifs is 3. The molecular weight excluding hydrogens is 338 g/mol. The second-order valence-electron chi connectivity index (χ2n) is 8.07. The summed E-state index contributed by atoms with van der Waals surface area (Å²) >= 11 is 0. The summed E-state index contributed by atoms with van der Waals surface area (Å²) in [6.45, 7) is 10.7. The molecule has 0 aromatic heterocycles. The summed E-state index contributed by atoms with van der Waals surface area (Å²) in [5.41, 5.74) is 1.28. The van der Waals surface area contributed by atoms with Crippen LogP contribution in [0.3, 0.4) is 0 Å². The van der Waals surface area contributed by atoms with Crippen LogP contribution in [0.4, 0.5) is 0 Å². The third-order valence-electron chi connectivity index (χ3n) is 5.67. The van der Waals surface area contributed by atoms with Crippen molar-refractivity contribution in [1.82, 2.24) is 4.90 Å². The number of nitrogens with zero attached hydrogens (tertiary/aromatic N) is 1. The Morgan fingerprint density at radius 3 is 1.85 bits per heavy atom. The summed E-state index contributed by atoms with van der Waals surface area (Å²) in [6, 6.07) is 5.12. The molecule has 2 heterocycles. The van der Waals surface area contributed by atoms with Crippen molar-refractivity contribution in [3.05, 3.63) is 17.7 Å². The second-order valence-corrected chi connectivity index (χ2v) is 8.07. The van der Waals surface area contributed by atoms with Gasteiger partial charge in [-0.15, -0.1) is 0 Å². The predicted octanol–water partition coefficient (Wildman–Crippen LogP) is 5.43. The Bertz CT molecular complexity index is 552. The third kappa shape index (κ3) is 5.31. The van der Waals surface area contributed by atoms with Crippen LogP contribution >= 0.6 is 0 Å². The Morgan fingerprint density at radius 2 is 1.37 bits per heavy atom. The Morgan fingerprint density at radius 1 is 0.815 bits per heavy atom. The Hall–Kier alpha value is -1.42. The molecule has 4 heteroatoms.